The number of hydrogen-bond acceptors (Lipinski definition) is 6. The maximum absolute atomic E-state index is 12.5. The van der Waals surface area contributed by atoms with Gasteiger partial charge in [0.25, 0.3) is 0 Å². The summed E-state index contributed by atoms with van der Waals surface area (Å²) in [6.07, 6.45) is 2.70. The normalized spacial score (nSPS) is 14.1. The molecule has 1 aromatic rings. The number of carboxylic acids is 2. The average molecular weight is 397 g/mol. The maximum Gasteiger partial charge on any atom is 0.326 e. The van der Waals surface area contributed by atoms with Crippen LogP contribution in [0.4, 0.5) is 0 Å². The van der Waals surface area contributed by atoms with Gasteiger partial charge in [-0.3, -0.25) is 14.4 Å². The Morgan fingerprint density at radius 1 is 1.14 bits per heavy atom. The van der Waals surface area contributed by atoms with E-state index in [0.717, 1.165) is 0 Å². The fourth-order valence-corrected chi connectivity index (χ4v) is 2.51. The number of rotatable bonds is 12. The average Bonchev–Trinajstić information content (AvgIpc) is 3.09. The van der Waals surface area contributed by atoms with Gasteiger partial charge < -0.3 is 31.6 Å². The van der Waals surface area contributed by atoms with Crippen LogP contribution in [0.2, 0.25) is 0 Å². The first-order chi connectivity index (χ1) is 13.1. The third kappa shape index (κ3) is 8.16. The van der Waals surface area contributed by atoms with Crippen LogP contribution in [-0.4, -0.2) is 62.1 Å². The standard InChI is InChI=1S/C17H27N5O6/c1-9(2)5-13(17(27)28)22-16(26)12(3-4-14(23)24)21-15(25)11(18)6-10-7-19-8-20-10/h7-9,11-13H,3-6,18H2,1-2H3,(H,19,20)(H,21,25)(H,22,26)(H,23,24)(H,27,28)/t11-,12-,13+/m1/s1. The molecule has 1 aromatic heterocycles. The van der Waals surface area contributed by atoms with E-state index in [4.69, 9.17) is 10.8 Å². The smallest absolute Gasteiger partial charge is 0.326 e. The fraction of sp³-hybridized carbons (Fsp3) is 0.588. The zero-order valence-corrected chi connectivity index (χ0v) is 15.8. The molecule has 11 nitrogen and oxygen atoms in total. The van der Waals surface area contributed by atoms with E-state index in [1.165, 1.54) is 12.5 Å². The fourth-order valence-electron chi connectivity index (χ4n) is 2.51. The molecule has 0 spiro atoms. The second-order valence-electron chi connectivity index (χ2n) is 6.91. The van der Waals surface area contributed by atoms with Gasteiger partial charge in [0.15, 0.2) is 0 Å². The molecule has 3 atom stereocenters. The Bertz CT molecular complexity index is 676. The SMILES string of the molecule is CC(C)C[C@H](NC(=O)[C@@H](CCC(=O)O)NC(=O)[C@H](N)Cc1cnc[nH]1)C(=O)O. The van der Waals surface area contributed by atoms with Crippen LogP contribution < -0.4 is 16.4 Å². The summed E-state index contributed by atoms with van der Waals surface area (Å²) in [5, 5.41) is 22.9. The zero-order chi connectivity index (χ0) is 21.3. The van der Waals surface area contributed by atoms with Crippen LogP contribution in [0, 0.1) is 5.92 Å². The van der Waals surface area contributed by atoms with E-state index < -0.39 is 41.9 Å². The quantitative estimate of drug-likeness (QED) is 0.265. The molecule has 1 heterocycles. The lowest BCUT2D eigenvalue weighted by Crippen LogP contribution is -2.55. The molecule has 156 valence electrons. The van der Waals surface area contributed by atoms with Crippen molar-refractivity contribution in [2.75, 3.05) is 0 Å². The number of aromatic nitrogens is 2. The summed E-state index contributed by atoms with van der Waals surface area (Å²) in [4.78, 5) is 53.6. The number of carboxylic acid groups (broad SMARTS) is 2. The number of carbonyl (C=O) groups excluding carboxylic acids is 2. The highest BCUT2D eigenvalue weighted by molar-refractivity contribution is 5.92. The summed E-state index contributed by atoms with van der Waals surface area (Å²) in [5.41, 5.74) is 6.45. The van der Waals surface area contributed by atoms with E-state index in [2.05, 4.69) is 20.6 Å². The molecule has 2 amide bonds. The van der Waals surface area contributed by atoms with E-state index in [-0.39, 0.29) is 31.6 Å². The van der Waals surface area contributed by atoms with Crippen molar-refractivity contribution in [3.63, 3.8) is 0 Å². The molecule has 0 bridgehead atoms. The molecule has 0 aromatic carbocycles. The highest BCUT2D eigenvalue weighted by atomic mass is 16.4. The molecule has 28 heavy (non-hydrogen) atoms. The lowest BCUT2D eigenvalue weighted by atomic mass is 10.0. The van der Waals surface area contributed by atoms with Gasteiger partial charge in [-0.05, 0) is 18.8 Å². The van der Waals surface area contributed by atoms with E-state index in [1.807, 2.05) is 0 Å². The Kier molecular flexibility index (Phi) is 9.09. The van der Waals surface area contributed by atoms with Crippen molar-refractivity contribution in [1.82, 2.24) is 20.6 Å². The lowest BCUT2D eigenvalue weighted by molar-refractivity contribution is -0.143. The second kappa shape index (κ2) is 11.0. The van der Waals surface area contributed by atoms with E-state index >= 15 is 0 Å². The van der Waals surface area contributed by atoms with E-state index in [9.17, 15) is 24.3 Å². The third-order valence-electron chi connectivity index (χ3n) is 3.93. The minimum absolute atomic E-state index is 0.0105. The van der Waals surface area contributed by atoms with Crippen molar-refractivity contribution < 1.29 is 29.4 Å². The van der Waals surface area contributed by atoms with Crippen molar-refractivity contribution in [1.29, 1.82) is 0 Å². The van der Waals surface area contributed by atoms with Gasteiger partial charge in [0, 0.05) is 24.7 Å². The van der Waals surface area contributed by atoms with Gasteiger partial charge in [-0.25, -0.2) is 9.78 Å². The second-order valence-corrected chi connectivity index (χ2v) is 6.91. The van der Waals surface area contributed by atoms with Crippen molar-refractivity contribution in [3.05, 3.63) is 18.2 Å². The van der Waals surface area contributed by atoms with Gasteiger partial charge >= 0.3 is 11.9 Å². The minimum Gasteiger partial charge on any atom is -0.481 e. The number of aromatic amines is 1. The molecule has 1 rings (SSSR count). The Hall–Kier alpha value is -2.95. The van der Waals surface area contributed by atoms with Gasteiger partial charge in [0.1, 0.15) is 12.1 Å². The molecule has 0 saturated carbocycles. The van der Waals surface area contributed by atoms with Gasteiger partial charge in [0.05, 0.1) is 12.4 Å². The number of hydrogen-bond donors (Lipinski definition) is 6. The summed E-state index contributed by atoms with van der Waals surface area (Å²) in [7, 11) is 0. The highest BCUT2D eigenvalue weighted by Gasteiger charge is 2.28. The first kappa shape index (κ1) is 23.1. The maximum atomic E-state index is 12.5. The molecule has 7 N–H and O–H groups in total. The molecule has 0 aliphatic rings. The number of nitrogens with zero attached hydrogens (tertiary/aromatic N) is 1. The van der Waals surface area contributed by atoms with Crippen molar-refractivity contribution in [2.24, 2.45) is 11.7 Å². The number of aliphatic carboxylic acids is 2. The number of amides is 2. The highest BCUT2D eigenvalue weighted by Crippen LogP contribution is 2.07. The molecular weight excluding hydrogens is 370 g/mol. The Balaban J connectivity index is 2.79. The Morgan fingerprint density at radius 3 is 2.29 bits per heavy atom. The van der Waals surface area contributed by atoms with Crippen LogP contribution in [0.25, 0.3) is 0 Å². The first-order valence-corrected chi connectivity index (χ1v) is 8.88. The summed E-state index contributed by atoms with van der Waals surface area (Å²) in [6, 6.07) is -3.35. The van der Waals surface area contributed by atoms with Crippen LogP contribution in [0.1, 0.15) is 38.8 Å². The predicted molar refractivity (Wildman–Crippen MR) is 98.1 cm³/mol. The van der Waals surface area contributed by atoms with Gasteiger partial charge in [-0.15, -0.1) is 0 Å². The van der Waals surface area contributed by atoms with Crippen LogP contribution in [0.15, 0.2) is 12.5 Å². The lowest BCUT2D eigenvalue weighted by Gasteiger charge is -2.23. The van der Waals surface area contributed by atoms with E-state index in [1.54, 1.807) is 13.8 Å². The number of nitrogens with two attached hydrogens (primary N) is 1. The monoisotopic (exact) mass is 397 g/mol. The molecule has 0 fully saturated rings. The summed E-state index contributed by atoms with van der Waals surface area (Å²) >= 11 is 0. The summed E-state index contributed by atoms with van der Waals surface area (Å²) in [5.74, 6) is -3.77. The van der Waals surface area contributed by atoms with E-state index in [0.29, 0.717) is 5.69 Å². The van der Waals surface area contributed by atoms with Crippen LogP contribution in [-0.2, 0) is 25.6 Å². The number of carbonyl (C=O) groups is 4. The Morgan fingerprint density at radius 2 is 1.79 bits per heavy atom. The molecule has 0 aliphatic heterocycles. The first-order valence-electron chi connectivity index (χ1n) is 8.88. The largest absolute Gasteiger partial charge is 0.481 e. The number of H-pyrrole nitrogens is 1. The van der Waals surface area contributed by atoms with Gasteiger partial charge in [-0.2, -0.15) is 0 Å². The van der Waals surface area contributed by atoms with Gasteiger partial charge in [-0.1, -0.05) is 13.8 Å². The molecule has 0 radical (unpaired) electrons. The third-order valence-corrected chi connectivity index (χ3v) is 3.93. The molecular formula is C17H27N5O6. The topological polar surface area (TPSA) is 187 Å². The minimum atomic E-state index is -1.22. The molecule has 0 saturated heterocycles. The zero-order valence-electron chi connectivity index (χ0n) is 15.8. The van der Waals surface area contributed by atoms with Crippen molar-refractivity contribution in [3.8, 4) is 0 Å². The van der Waals surface area contributed by atoms with Gasteiger partial charge in [0.2, 0.25) is 11.8 Å². The van der Waals surface area contributed by atoms with Crippen LogP contribution in [0.5, 0.6) is 0 Å². The van der Waals surface area contributed by atoms with Crippen molar-refractivity contribution >= 4 is 23.8 Å². The predicted octanol–water partition coefficient (Wildman–Crippen LogP) is -0.755. The van der Waals surface area contributed by atoms with Crippen LogP contribution in [0.3, 0.4) is 0 Å². The summed E-state index contributed by atoms with van der Waals surface area (Å²) in [6.45, 7) is 3.61. The molecule has 11 heteroatoms. The molecule has 0 aliphatic carbocycles. The summed E-state index contributed by atoms with van der Waals surface area (Å²) < 4.78 is 0. The van der Waals surface area contributed by atoms with Crippen LogP contribution >= 0.6 is 0 Å². The molecule has 0 unspecified atom stereocenters. The Labute approximate surface area is 162 Å². The number of imidazole rings is 1. The van der Waals surface area contributed by atoms with Crippen molar-refractivity contribution in [2.45, 2.75) is 57.7 Å². The number of nitrogens with one attached hydrogen (secondary N) is 3.